The number of hydrogen-bond donors (Lipinski definition) is 0. The molecule has 0 aliphatic carbocycles. The Hall–Kier alpha value is -1.99. The van der Waals surface area contributed by atoms with Gasteiger partial charge in [-0.05, 0) is 42.8 Å². The second-order valence-corrected chi connectivity index (χ2v) is 8.93. The fraction of sp³-hybridized carbons (Fsp3) is 0.158. The molecular formula is C19H13Cl3N3O2S+. The zero-order chi connectivity index (χ0) is 20.0. The highest BCUT2D eigenvalue weighted by molar-refractivity contribution is 7.15. The number of amides is 1. The molecule has 142 valence electrons. The molecule has 3 aromatic rings. The number of aryl methyl sites for hydroxylation is 1. The molecule has 0 bridgehead atoms. The molecule has 0 N–H and O–H groups in total. The van der Waals surface area contributed by atoms with Crippen molar-refractivity contribution in [3.63, 3.8) is 0 Å². The molecule has 0 radical (unpaired) electrons. The maximum atomic E-state index is 13.4. The minimum atomic E-state index is -1.04. The van der Waals surface area contributed by atoms with Crippen molar-refractivity contribution in [1.82, 2.24) is 4.98 Å². The van der Waals surface area contributed by atoms with Gasteiger partial charge in [-0.15, -0.1) is 11.3 Å². The van der Waals surface area contributed by atoms with Gasteiger partial charge >= 0.3 is 11.8 Å². The predicted molar refractivity (Wildman–Crippen MR) is 110 cm³/mol. The summed E-state index contributed by atoms with van der Waals surface area (Å²) in [6, 6.07) is 8.38. The van der Waals surface area contributed by atoms with Crippen molar-refractivity contribution in [2.24, 2.45) is 0 Å². The van der Waals surface area contributed by atoms with E-state index in [1.807, 2.05) is 13.0 Å². The molecule has 0 saturated heterocycles. The zero-order valence-electron chi connectivity index (χ0n) is 14.5. The number of aromatic nitrogens is 2. The quantitative estimate of drug-likeness (QED) is 0.428. The van der Waals surface area contributed by atoms with Gasteiger partial charge in [-0.2, -0.15) is 9.47 Å². The fourth-order valence-corrected chi connectivity index (χ4v) is 4.84. The second-order valence-electron chi connectivity index (χ2n) is 6.36. The molecule has 0 saturated carbocycles. The number of rotatable bonds is 3. The minimum Gasteiger partial charge on any atom is -0.245 e. The van der Waals surface area contributed by atoms with Crippen LogP contribution in [0, 0.1) is 6.92 Å². The second kappa shape index (κ2) is 7.44. The van der Waals surface area contributed by atoms with Gasteiger partial charge in [-0.3, -0.25) is 0 Å². The van der Waals surface area contributed by atoms with E-state index in [0.717, 1.165) is 10.4 Å². The Morgan fingerprint density at radius 1 is 1.18 bits per heavy atom. The summed E-state index contributed by atoms with van der Waals surface area (Å²) >= 11 is 19.5. The summed E-state index contributed by atoms with van der Waals surface area (Å²) in [4.78, 5) is 33.1. The number of carbonyl (C=O) groups is 2. The van der Waals surface area contributed by atoms with Crippen LogP contribution in [0.5, 0.6) is 0 Å². The lowest BCUT2D eigenvalue weighted by molar-refractivity contribution is -0.564. The van der Waals surface area contributed by atoms with Crippen molar-refractivity contribution >= 4 is 63.8 Å². The van der Waals surface area contributed by atoms with Crippen LogP contribution in [0.25, 0.3) is 0 Å². The van der Waals surface area contributed by atoms with Crippen molar-refractivity contribution < 1.29 is 14.2 Å². The van der Waals surface area contributed by atoms with Crippen LogP contribution in [0.3, 0.4) is 0 Å². The van der Waals surface area contributed by atoms with Crippen molar-refractivity contribution in [3.05, 3.63) is 73.2 Å². The summed E-state index contributed by atoms with van der Waals surface area (Å²) < 4.78 is 1.89. The van der Waals surface area contributed by atoms with Gasteiger partial charge in [0.15, 0.2) is 10.4 Å². The van der Waals surface area contributed by atoms with Crippen molar-refractivity contribution in [1.29, 1.82) is 0 Å². The molecule has 9 heteroatoms. The molecule has 5 nitrogen and oxygen atoms in total. The van der Waals surface area contributed by atoms with E-state index in [9.17, 15) is 9.59 Å². The Kier molecular flexibility index (Phi) is 5.14. The predicted octanol–water partition coefficient (Wildman–Crippen LogP) is 4.67. The molecule has 0 spiro atoms. The van der Waals surface area contributed by atoms with Crippen LogP contribution >= 0.6 is 46.1 Å². The molecule has 3 heterocycles. The van der Waals surface area contributed by atoms with Crippen LogP contribution in [0.1, 0.15) is 26.7 Å². The van der Waals surface area contributed by atoms with E-state index in [1.54, 1.807) is 41.6 Å². The first-order valence-corrected chi connectivity index (χ1v) is 10.2. The monoisotopic (exact) mass is 452 g/mol. The molecule has 2 aromatic heterocycles. The van der Waals surface area contributed by atoms with E-state index in [-0.39, 0.29) is 18.4 Å². The summed E-state index contributed by atoms with van der Waals surface area (Å²) in [5, 5.41) is 0.729. The molecule has 28 heavy (non-hydrogen) atoms. The van der Waals surface area contributed by atoms with E-state index < -0.39 is 5.92 Å². The van der Waals surface area contributed by atoms with E-state index in [2.05, 4.69) is 4.98 Å². The molecular weight excluding hydrogens is 441 g/mol. The molecule has 1 unspecified atom stereocenters. The average Bonchev–Trinajstić information content (AvgIpc) is 3.03. The highest BCUT2D eigenvalue weighted by Gasteiger charge is 2.48. The largest absolute Gasteiger partial charge is 0.333 e. The maximum Gasteiger partial charge on any atom is 0.333 e. The van der Waals surface area contributed by atoms with Crippen LogP contribution in [0.2, 0.25) is 14.5 Å². The summed E-state index contributed by atoms with van der Waals surface area (Å²) in [6.45, 7) is 2.11. The number of benzene rings is 1. The molecule has 1 aliphatic rings. The first kappa shape index (κ1) is 19.3. The first-order valence-electron chi connectivity index (χ1n) is 8.28. The van der Waals surface area contributed by atoms with Crippen LogP contribution < -0.4 is 9.47 Å². The number of fused-ring (bicyclic) bond motifs is 1. The first-order chi connectivity index (χ1) is 13.3. The lowest BCUT2D eigenvalue weighted by Gasteiger charge is -2.27. The number of hydrogen-bond acceptors (Lipinski definition) is 4. The van der Waals surface area contributed by atoms with E-state index >= 15 is 0 Å². The van der Waals surface area contributed by atoms with Gasteiger partial charge in [0.1, 0.15) is 6.54 Å². The molecule has 0 fully saturated rings. The number of nitrogens with zero attached hydrogens (tertiary/aromatic N) is 3. The number of pyridine rings is 1. The Morgan fingerprint density at radius 3 is 2.54 bits per heavy atom. The standard InChI is InChI=1S/C19H13Cl3N3O2S/c1-10-3-2-4-24-16(10)25(9-14-8-23-19(22)28-14)18(27)15(17(24)26)11-5-12(20)7-13(21)6-11/h2-8,15H,9H2,1H3/q+1. The van der Waals surface area contributed by atoms with E-state index in [0.29, 0.717) is 25.9 Å². The van der Waals surface area contributed by atoms with Gasteiger partial charge in [0, 0.05) is 21.8 Å². The summed E-state index contributed by atoms with van der Waals surface area (Å²) in [7, 11) is 0. The Morgan fingerprint density at radius 2 is 1.89 bits per heavy atom. The van der Waals surface area contributed by atoms with Crippen molar-refractivity contribution in [2.45, 2.75) is 19.4 Å². The van der Waals surface area contributed by atoms with Crippen LogP contribution in [-0.2, 0) is 11.3 Å². The van der Waals surface area contributed by atoms with Crippen LogP contribution in [0.4, 0.5) is 5.82 Å². The number of anilines is 1. The van der Waals surface area contributed by atoms with Crippen LogP contribution in [-0.4, -0.2) is 16.8 Å². The van der Waals surface area contributed by atoms with Gasteiger partial charge in [0.2, 0.25) is 0 Å². The van der Waals surface area contributed by atoms with Gasteiger partial charge in [-0.1, -0.05) is 34.8 Å². The minimum absolute atomic E-state index is 0.256. The van der Waals surface area contributed by atoms with E-state index in [4.69, 9.17) is 34.8 Å². The molecule has 4 rings (SSSR count). The maximum absolute atomic E-state index is 13.4. The Bertz CT molecular complexity index is 1100. The Balaban J connectivity index is 1.86. The average molecular weight is 454 g/mol. The van der Waals surface area contributed by atoms with Crippen LogP contribution in [0.15, 0.2) is 42.7 Å². The summed E-state index contributed by atoms with van der Waals surface area (Å²) in [5.74, 6) is -1.20. The third-order valence-electron chi connectivity index (χ3n) is 4.47. The van der Waals surface area contributed by atoms with Gasteiger partial charge in [0.25, 0.3) is 5.82 Å². The lowest BCUT2D eigenvalue weighted by atomic mass is 9.94. The Labute approximate surface area is 180 Å². The lowest BCUT2D eigenvalue weighted by Crippen LogP contribution is -2.60. The molecule has 1 amide bonds. The van der Waals surface area contributed by atoms with Gasteiger partial charge in [0.05, 0.1) is 11.1 Å². The number of thiazole rings is 1. The third-order valence-corrected chi connectivity index (χ3v) is 6.01. The third kappa shape index (κ3) is 3.42. The number of carbonyl (C=O) groups excluding carboxylic acids is 2. The SMILES string of the molecule is Cc1ccc[n+]2c1N(Cc1cnc(Cl)s1)C(=O)C(c1cc(Cl)cc(Cl)c1)C2=O. The van der Waals surface area contributed by atoms with Gasteiger partial charge < -0.3 is 0 Å². The highest BCUT2D eigenvalue weighted by atomic mass is 35.5. The van der Waals surface area contributed by atoms with Gasteiger partial charge in [-0.25, -0.2) is 14.6 Å². The van der Waals surface area contributed by atoms with Crippen molar-refractivity contribution in [2.75, 3.05) is 4.90 Å². The summed E-state index contributed by atoms with van der Waals surface area (Å²) in [5.41, 5.74) is 1.27. The topological polar surface area (TPSA) is 54.1 Å². The normalized spacial score (nSPS) is 16.4. The fourth-order valence-electron chi connectivity index (χ4n) is 3.33. The highest BCUT2D eigenvalue weighted by Crippen LogP contribution is 2.33. The molecule has 1 aliphatic heterocycles. The smallest absolute Gasteiger partial charge is 0.245 e. The molecule has 1 atom stereocenters. The zero-order valence-corrected chi connectivity index (χ0v) is 17.6. The molecule has 1 aromatic carbocycles. The summed E-state index contributed by atoms with van der Waals surface area (Å²) in [6.07, 6.45) is 3.29. The van der Waals surface area contributed by atoms with Crippen molar-refractivity contribution in [3.8, 4) is 0 Å². The van der Waals surface area contributed by atoms with E-state index in [1.165, 1.54) is 15.9 Å². The number of halogens is 3.